The molecule has 0 saturated carbocycles. The van der Waals surface area contributed by atoms with Gasteiger partial charge in [-0.15, -0.1) is 11.3 Å². The van der Waals surface area contributed by atoms with Gasteiger partial charge in [0.1, 0.15) is 0 Å². The zero-order valence-electron chi connectivity index (χ0n) is 12.6. The van der Waals surface area contributed by atoms with Crippen LogP contribution in [0.3, 0.4) is 0 Å². The Morgan fingerprint density at radius 1 is 1.57 bits per heavy atom. The van der Waals surface area contributed by atoms with Gasteiger partial charge in [0.05, 0.1) is 11.5 Å². The van der Waals surface area contributed by atoms with Crippen LogP contribution in [0.25, 0.3) is 0 Å². The van der Waals surface area contributed by atoms with Gasteiger partial charge in [-0.05, 0) is 30.2 Å². The van der Waals surface area contributed by atoms with Crippen LogP contribution in [0.2, 0.25) is 0 Å². The summed E-state index contributed by atoms with van der Waals surface area (Å²) in [4.78, 5) is 7.72. The predicted octanol–water partition coefficient (Wildman–Crippen LogP) is 1.23. The molecule has 1 aliphatic rings. The number of sulfone groups is 1. The predicted molar refractivity (Wildman–Crippen MR) is 88.8 cm³/mol. The van der Waals surface area contributed by atoms with E-state index in [0.717, 1.165) is 25.3 Å². The van der Waals surface area contributed by atoms with E-state index in [1.807, 2.05) is 7.05 Å². The molecule has 0 amide bonds. The number of likely N-dealkylation sites (N-methyl/N-ethyl adjacent to an activating group) is 1. The Hall–Kier alpha value is -1.08. The Labute approximate surface area is 131 Å². The zero-order chi connectivity index (χ0) is 15.3. The maximum absolute atomic E-state index is 11.5. The summed E-state index contributed by atoms with van der Waals surface area (Å²) in [5.41, 5.74) is 0. The van der Waals surface area contributed by atoms with Crippen molar-refractivity contribution in [3.8, 4) is 0 Å². The van der Waals surface area contributed by atoms with E-state index in [4.69, 9.17) is 0 Å². The van der Waals surface area contributed by atoms with E-state index in [0.29, 0.717) is 18.1 Å². The van der Waals surface area contributed by atoms with Crippen molar-refractivity contribution in [1.82, 2.24) is 10.2 Å². The maximum atomic E-state index is 11.5. The van der Waals surface area contributed by atoms with Crippen molar-refractivity contribution < 1.29 is 8.42 Å². The average molecular weight is 329 g/mol. The van der Waals surface area contributed by atoms with Gasteiger partial charge in [0.25, 0.3) is 0 Å². The third-order valence-corrected chi connectivity index (χ3v) is 6.50. The first kappa shape index (κ1) is 16.3. The van der Waals surface area contributed by atoms with Crippen LogP contribution in [-0.4, -0.2) is 58.0 Å². The molecule has 0 spiro atoms. The van der Waals surface area contributed by atoms with Crippen LogP contribution in [0, 0.1) is 5.92 Å². The fourth-order valence-electron chi connectivity index (χ4n) is 2.49. The van der Waals surface area contributed by atoms with Gasteiger partial charge in [-0.3, -0.25) is 4.99 Å². The van der Waals surface area contributed by atoms with Gasteiger partial charge in [-0.1, -0.05) is 6.07 Å². The van der Waals surface area contributed by atoms with E-state index in [1.54, 1.807) is 18.4 Å². The lowest BCUT2D eigenvalue weighted by atomic mass is 10.1. The first-order valence-electron chi connectivity index (χ1n) is 7.15. The van der Waals surface area contributed by atoms with E-state index in [-0.39, 0.29) is 5.92 Å². The number of rotatable bonds is 5. The third kappa shape index (κ3) is 5.00. The number of hydrogen-bond donors (Lipinski definition) is 1. The molecule has 1 saturated heterocycles. The molecule has 0 aliphatic carbocycles. The van der Waals surface area contributed by atoms with Gasteiger partial charge >= 0.3 is 0 Å². The molecule has 0 aromatic carbocycles. The largest absolute Gasteiger partial charge is 0.356 e. The fourth-order valence-corrected chi connectivity index (χ4v) is 5.05. The molecule has 5 nitrogen and oxygen atoms in total. The van der Waals surface area contributed by atoms with Crippen molar-refractivity contribution in [2.24, 2.45) is 10.9 Å². The van der Waals surface area contributed by atoms with Crippen molar-refractivity contribution in [1.29, 1.82) is 0 Å². The summed E-state index contributed by atoms with van der Waals surface area (Å²) in [5, 5.41) is 5.38. The second-order valence-corrected chi connectivity index (χ2v) is 8.71. The highest BCUT2D eigenvalue weighted by Crippen LogP contribution is 2.17. The summed E-state index contributed by atoms with van der Waals surface area (Å²) in [6, 6.07) is 4.20. The monoisotopic (exact) mass is 329 g/mol. The van der Waals surface area contributed by atoms with Crippen LogP contribution in [0.4, 0.5) is 0 Å². The molecule has 21 heavy (non-hydrogen) atoms. The minimum atomic E-state index is -2.80. The molecular formula is C14H23N3O2S2. The van der Waals surface area contributed by atoms with E-state index < -0.39 is 9.84 Å². The second kappa shape index (κ2) is 7.26. The highest BCUT2D eigenvalue weighted by Gasteiger charge is 2.27. The molecule has 1 atom stereocenters. The Bertz CT molecular complexity index is 567. The number of aliphatic imine (C=N–C) groups is 1. The van der Waals surface area contributed by atoms with Crippen LogP contribution < -0.4 is 5.32 Å². The van der Waals surface area contributed by atoms with Crippen LogP contribution in [0.15, 0.2) is 22.5 Å². The Morgan fingerprint density at radius 3 is 2.95 bits per heavy atom. The van der Waals surface area contributed by atoms with Crippen molar-refractivity contribution >= 4 is 27.1 Å². The summed E-state index contributed by atoms with van der Waals surface area (Å²) in [7, 11) is 0.965. The molecule has 2 rings (SSSR count). The molecule has 1 fully saturated rings. The van der Waals surface area contributed by atoms with Gasteiger partial charge < -0.3 is 10.2 Å². The molecule has 1 aromatic heterocycles. The van der Waals surface area contributed by atoms with E-state index >= 15 is 0 Å². The summed E-state index contributed by atoms with van der Waals surface area (Å²) >= 11 is 1.76. The Kier molecular flexibility index (Phi) is 5.64. The molecule has 1 aromatic rings. The number of guanidine groups is 1. The number of thiophene rings is 1. The molecule has 7 heteroatoms. The summed E-state index contributed by atoms with van der Waals surface area (Å²) < 4.78 is 22.9. The SMILES string of the molecule is CN=C(NCC1CCS(=O)(=O)C1)N(C)CCc1cccs1. The first-order valence-corrected chi connectivity index (χ1v) is 9.85. The lowest BCUT2D eigenvalue weighted by Gasteiger charge is -2.23. The number of hydrogen-bond acceptors (Lipinski definition) is 4. The van der Waals surface area contributed by atoms with E-state index in [1.165, 1.54) is 4.88 Å². The highest BCUT2D eigenvalue weighted by molar-refractivity contribution is 7.91. The van der Waals surface area contributed by atoms with E-state index in [9.17, 15) is 8.42 Å². The quantitative estimate of drug-likeness (QED) is 0.652. The van der Waals surface area contributed by atoms with Gasteiger partial charge in [-0.2, -0.15) is 0 Å². The summed E-state index contributed by atoms with van der Waals surface area (Å²) in [5.74, 6) is 1.66. The normalized spacial score (nSPS) is 21.4. The van der Waals surface area contributed by atoms with Crippen molar-refractivity contribution in [3.05, 3.63) is 22.4 Å². The molecule has 1 unspecified atom stereocenters. The molecular weight excluding hydrogens is 306 g/mol. The van der Waals surface area contributed by atoms with Crippen LogP contribution >= 0.6 is 11.3 Å². The molecule has 118 valence electrons. The van der Waals surface area contributed by atoms with Crippen LogP contribution in [-0.2, 0) is 16.3 Å². The number of nitrogens with one attached hydrogen (secondary N) is 1. The fraction of sp³-hybridized carbons (Fsp3) is 0.643. The minimum absolute atomic E-state index is 0.206. The summed E-state index contributed by atoms with van der Waals surface area (Å²) in [6.07, 6.45) is 1.75. The first-order chi connectivity index (χ1) is 10.00. The lowest BCUT2D eigenvalue weighted by molar-refractivity contribution is 0.472. The van der Waals surface area contributed by atoms with Crippen molar-refractivity contribution in [2.75, 3.05) is 38.7 Å². The van der Waals surface area contributed by atoms with Gasteiger partial charge in [0.2, 0.25) is 0 Å². The lowest BCUT2D eigenvalue weighted by Crippen LogP contribution is -2.42. The van der Waals surface area contributed by atoms with Crippen molar-refractivity contribution in [2.45, 2.75) is 12.8 Å². The van der Waals surface area contributed by atoms with Crippen LogP contribution in [0.5, 0.6) is 0 Å². The summed E-state index contributed by atoms with van der Waals surface area (Å²) in [6.45, 7) is 1.57. The van der Waals surface area contributed by atoms with E-state index in [2.05, 4.69) is 32.7 Å². The molecule has 1 aliphatic heterocycles. The molecule has 1 N–H and O–H groups in total. The Morgan fingerprint density at radius 2 is 2.38 bits per heavy atom. The molecule has 0 bridgehead atoms. The zero-order valence-corrected chi connectivity index (χ0v) is 14.2. The molecule has 0 radical (unpaired) electrons. The molecule has 2 heterocycles. The standard InChI is InChI=1S/C14H23N3O2S2/c1-15-14(16-10-12-6-9-21(18,19)11-12)17(2)7-5-13-4-3-8-20-13/h3-4,8,12H,5-7,9-11H2,1-2H3,(H,15,16). The van der Waals surface area contributed by atoms with Gasteiger partial charge in [0, 0.05) is 32.1 Å². The average Bonchev–Trinajstić information content (AvgIpc) is 3.06. The Balaban J connectivity index is 1.77. The third-order valence-electron chi connectivity index (χ3n) is 3.72. The van der Waals surface area contributed by atoms with Crippen molar-refractivity contribution in [3.63, 3.8) is 0 Å². The van der Waals surface area contributed by atoms with Gasteiger partial charge in [0.15, 0.2) is 15.8 Å². The minimum Gasteiger partial charge on any atom is -0.356 e. The number of nitrogens with zero attached hydrogens (tertiary/aromatic N) is 2. The topological polar surface area (TPSA) is 61.8 Å². The van der Waals surface area contributed by atoms with Gasteiger partial charge in [-0.25, -0.2) is 8.42 Å². The smallest absolute Gasteiger partial charge is 0.193 e. The second-order valence-electron chi connectivity index (χ2n) is 5.45. The van der Waals surface area contributed by atoms with Crippen LogP contribution in [0.1, 0.15) is 11.3 Å². The maximum Gasteiger partial charge on any atom is 0.193 e. The highest BCUT2D eigenvalue weighted by atomic mass is 32.2.